The van der Waals surface area contributed by atoms with Gasteiger partial charge in [-0.3, -0.25) is 9.48 Å². The molecule has 7 heteroatoms. The lowest BCUT2D eigenvalue weighted by Gasteiger charge is -2.31. The molecule has 0 bridgehead atoms. The summed E-state index contributed by atoms with van der Waals surface area (Å²) in [5.41, 5.74) is 1.80. The third-order valence-corrected chi connectivity index (χ3v) is 4.40. The molecular weight excluding hydrogens is 318 g/mol. The smallest absolute Gasteiger partial charge is 0.321 e. The molecule has 0 radical (unpaired) electrons. The van der Waals surface area contributed by atoms with E-state index in [0.29, 0.717) is 25.3 Å². The number of hydrogen-bond acceptors (Lipinski definition) is 3. The van der Waals surface area contributed by atoms with E-state index >= 15 is 0 Å². The molecular formula is C18H23N5O2. The van der Waals surface area contributed by atoms with Gasteiger partial charge in [0.05, 0.1) is 24.3 Å². The van der Waals surface area contributed by atoms with Crippen LogP contribution in [0.15, 0.2) is 42.7 Å². The van der Waals surface area contributed by atoms with E-state index in [1.165, 1.54) is 0 Å². The van der Waals surface area contributed by atoms with Crippen LogP contribution in [0.4, 0.5) is 10.5 Å². The molecule has 2 heterocycles. The Morgan fingerprint density at radius 1 is 1.28 bits per heavy atom. The van der Waals surface area contributed by atoms with Crippen LogP contribution in [0, 0.1) is 5.92 Å². The molecule has 7 nitrogen and oxygen atoms in total. The standard InChI is InChI=1S/C18H23N5O2/c1-19-17(24)15-8-5-9-22(12-15)18(25)21-16-10-20-23(13-16)11-14-6-3-2-4-7-14/h2-4,6-7,10,13,15H,5,8-9,11-12H2,1H3,(H,19,24)(H,21,25)/t15-/m1/s1. The highest BCUT2D eigenvalue weighted by Crippen LogP contribution is 2.18. The third-order valence-electron chi connectivity index (χ3n) is 4.40. The molecule has 3 amide bonds. The van der Waals surface area contributed by atoms with Crippen molar-refractivity contribution < 1.29 is 9.59 Å². The van der Waals surface area contributed by atoms with Gasteiger partial charge in [-0.2, -0.15) is 5.10 Å². The van der Waals surface area contributed by atoms with Gasteiger partial charge in [0.25, 0.3) is 0 Å². The van der Waals surface area contributed by atoms with E-state index in [-0.39, 0.29) is 17.9 Å². The number of urea groups is 1. The fourth-order valence-corrected chi connectivity index (χ4v) is 3.07. The number of aromatic nitrogens is 2. The Labute approximate surface area is 147 Å². The average Bonchev–Trinajstić information content (AvgIpc) is 3.08. The Hall–Kier alpha value is -2.83. The topological polar surface area (TPSA) is 79.3 Å². The molecule has 1 fully saturated rings. The summed E-state index contributed by atoms with van der Waals surface area (Å²) in [6, 6.07) is 9.83. The minimum Gasteiger partial charge on any atom is -0.359 e. The number of piperidine rings is 1. The Bertz CT molecular complexity index is 728. The second-order valence-corrected chi connectivity index (χ2v) is 6.24. The summed E-state index contributed by atoms with van der Waals surface area (Å²) in [5.74, 6) is -0.140. The fraction of sp³-hybridized carbons (Fsp3) is 0.389. The molecule has 3 rings (SSSR count). The first-order valence-corrected chi connectivity index (χ1v) is 8.49. The van der Waals surface area contributed by atoms with Crippen molar-refractivity contribution in [3.63, 3.8) is 0 Å². The van der Waals surface area contributed by atoms with Gasteiger partial charge in [-0.1, -0.05) is 30.3 Å². The largest absolute Gasteiger partial charge is 0.359 e. The van der Waals surface area contributed by atoms with Crippen molar-refractivity contribution in [3.8, 4) is 0 Å². The number of rotatable bonds is 4. The first kappa shape index (κ1) is 17.0. The van der Waals surface area contributed by atoms with E-state index in [4.69, 9.17) is 0 Å². The minimum atomic E-state index is -0.187. The van der Waals surface area contributed by atoms with Gasteiger partial charge < -0.3 is 15.5 Å². The number of amides is 3. The number of nitrogens with one attached hydrogen (secondary N) is 2. The second-order valence-electron chi connectivity index (χ2n) is 6.24. The predicted molar refractivity (Wildman–Crippen MR) is 95.2 cm³/mol. The summed E-state index contributed by atoms with van der Waals surface area (Å²) < 4.78 is 1.79. The molecule has 1 aliphatic heterocycles. The van der Waals surface area contributed by atoms with Gasteiger partial charge in [-0.25, -0.2) is 4.79 Å². The molecule has 1 saturated heterocycles. The zero-order chi connectivity index (χ0) is 17.6. The van der Waals surface area contributed by atoms with Crippen molar-refractivity contribution in [2.75, 3.05) is 25.5 Å². The Kier molecular flexibility index (Phi) is 5.33. The van der Waals surface area contributed by atoms with Crippen LogP contribution < -0.4 is 10.6 Å². The third kappa shape index (κ3) is 4.37. The van der Waals surface area contributed by atoms with E-state index in [2.05, 4.69) is 15.7 Å². The van der Waals surface area contributed by atoms with Crippen molar-refractivity contribution in [1.29, 1.82) is 0 Å². The van der Waals surface area contributed by atoms with Crippen LogP contribution in [-0.2, 0) is 11.3 Å². The summed E-state index contributed by atoms with van der Waals surface area (Å²) in [6.07, 6.45) is 5.10. The van der Waals surface area contributed by atoms with Crippen LogP contribution in [0.3, 0.4) is 0 Å². The number of anilines is 1. The fourth-order valence-electron chi connectivity index (χ4n) is 3.07. The van der Waals surface area contributed by atoms with Gasteiger partial charge in [0.15, 0.2) is 0 Å². The van der Waals surface area contributed by atoms with E-state index in [0.717, 1.165) is 18.4 Å². The SMILES string of the molecule is CNC(=O)[C@@H]1CCCN(C(=O)Nc2cnn(Cc3ccccc3)c2)C1. The molecule has 1 aliphatic rings. The maximum atomic E-state index is 12.4. The monoisotopic (exact) mass is 341 g/mol. The van der Waals surface area contributed by atoms with Gasteiger partial charge in [0.1, 0.15) is 0 Å². The number of carbonyl (C=O) groups excluding carboxylic acids is 2. The van der Waals surface area contributed by atoms with E-state index in [1.807, 2.05) is 36.5 Å². The first-order valence-electron chi connectivity index (χ1n) is 8.49. The highest BCUT2D eigenvalue weighted by atomic mass is 16.2. The molecule has 2 aromatic rings. The highest BCUT2D eigenvalue weighted by molar-refractivity contribution is 5.89. The molecule has 1 aromatic heterocycles. The number of likely N-dealkylation sites (tertiary alicyclic amines) is 1. The van der Waals surface area contributed by atoms with Crippen molar-refractivity contribution in [2.24, 2.45) is 5.92 Å². The Balaban J connectivity index is 1.57. The van der Waals surface area contributed by atoms with Gasteiger partial charge in [-0.15, -0.1) is 0 Å². The molecule has 0 spiro atoms. The van der Waals surface area contributed by atoms with Gasteiger partial charge in [0, 0.05) is 26.3 Å². The summed E-state index contributed by atoms with van der Waals surface area (Å²) in [4.78, 5) is 25.9. The average molecular weight is 341 g/mol. The molecule has 0 unspecified atom stereocenters. The molecule has 25 heavy (non-hydrogen) atoms. The summed E-state index contributed by atoms with van der Waals surface area (Å²) >= 11 is 0. The van der Waals surface area contributed by atoms with Crippen LogP contribution in [-0.4, -0.2) is 46.8 Å². The van der Waals surface area contributed by atoms with Crippen LogP contribution >= 0.6 is 0 Å². The molecule has 132 valence electrons. The number of hydrogen-bond donors (Lipinski definition) is 2. The van der Waals surface area contributed by atoms with Crippen molar-refractivity contribution in [1.82, 2.24) is 20.0 Å². The molecule has 0 saturated carbocycles. The maximum Gasteiger partial charge on any atom is 0.321 e. The van der Waals surface area contributed by atoms with Crippen LogP contribution in [0.1, 0.15) is 18.4 Å². The normalized spacial score (nSPS) is 17.2. The number of benzene rings is 1. The summed E-state index contributed by atoms with van der Waals surface area (Å²) in [6.45, 7) is 1.76. The quantitative estimate of drug-likeness (QED) is 0.892. The van der Waals surface area contributed by atoms with Crippen LogP contribution in [0.5, 0.6) is 0 Å². The van der Waals surface area contributed by atoms with Gasteiger partial charge in [-0.05, 0) is 18.4 Å². The molecule has 2 N–H and O–H groups in total. The predicted octanol–water partition coefficient (Wildman–Crippen LogP) is 1.92. The summed E-state index contributed by atoms with van der Waals surface area (Å²) in [5, 5.41) is 9.81. The first-order chi connectivity index (χ1) is 12.2. The maximum absolute atomic E-state index is 12.4. The zero-order valence-corrected chi connectivity index (χ0v) is 14.3. The van der Waals surface area contributed by atoms with E-state index in [9.17, 15) is 9.59 Å². The lowest BCUT2D eigenvalue weighted by Crippen LogP contribution is -2.46. The highest BCUT2D eigenvalue weighted by Gasteiger charge is 2.27. The van der Waals surface area contributed by atoms with Crippen molar-refractivity contribution >= 4 is 17.6 Å². The van der Waals surface area contributed by atoms with Gasteiger partial charge in [0.2, 0.25) is 5.91 Å². The van der Waals surface area contributed by atoms with Crippen molar-refractivity contribution in [2.45, 2.75) is 19.4 Å². The Morgan fingerprint density at radius 2 is 2.08 bits per heavy atom. The van der Waals surface area contributed by atoms with E-state index < -0.39 is 0 Å². The lowest BCUT2D eigenvalue weighted by molar-refractivity contribution is -0.125. The number of nitrogens with zero attached hydrogens (tertiary/aromatic N) is 3. The van der Waals surface area contributed by atoms with Crippen LogP contribution in [0.2, 0.25) is 0 Å². The molecule has 1 atom stereocenters. The molecule has 1 aromatic carbocycles. The second kappa shape index (κ2) is 7.83. The lowest BCUT2D eigenvalue weighted by atomic mass is 9.97. The van der Waals surface area contributed by atoms with Crippen molar-refractivity contribution in [3.05, 3.63) is 48.3 Å². The van der Waals surface area contributed by atoms with Gasteiger partial charge >= 0.3 is 6.03 Å². The van der Waals surface area contributed by atoms with E-state index in [1.54, 1.807) is 22.8 Å². The number of carbonyl (C=O) groups is 2. The Morgan fingerprint density at radius 3 is 2.84 bits per heavy atom. The molecule has 0 aliphatic carbocycles. The minimum absolute atomic E-state index is 0.00631. The van der Waals surface area contributed by atoms with Crippen LogP contribution in [0.25, 0.3) is 0 Å². The zero-order valence-electron chi connectivity index (χ0n) is 14.3. The summed E-state index contributed by atoms with van der Waals surface area (Å²) in [7, 11) is 1.63.